The molecule has 3 unspecified atom stereocenters. The fraction of sp³-hybridized carbons (Fsp3) is 0.636. The Hall–Kier alpha value is -0.870. The summed E-state index contributed by atoms with van der Waals surface area (Å²) in [5, 5.41) is 3.94. The zero-order valence-electron chi connectivity index (χ0n) is 9.11. The molecule has 2 aliphatic rings. The van der Waals surface area contributed by atoms with Crippen molar-refractivity contribution < 1.29 is 4.74 Å². The maximum Gasteiger partial charge on any atom is 0.137 e. The zero-order valence-corrected chi connectivity index (χ0v) is 9.87. The maximum absolute atomic E-state index is 5.96. The molecule has 5 heteroatoms. The van der Waals surface area contributed by atoms with Gasteiger partial charge in [-0.25, -0.2) is 9.97 Å². The van der Waals surface area contributed by atoms with Crippen molar-refractivity contribution in [1.29, 1.82) is 0 Å². The second-order valence-corrected chi connectivity index (χ2v) is 4.86. The predicted molar refractivity (Wildman–Crippen MR) is 61.7 cm³/mol. The van der Waals surface area contributed by atoms with Gasteiger partial charge in [0, 0.05) is 5.56 Å². The number of rotatable bonds is 2. The summed E-state index contributed by atoms with van der Waals surface area (Å²) in [6, 6.07) is 0.378. The molecule has 86 valence electrons. The lowest BCUT2D eigenvalue weighted by Crippen LogP contribution is -2.31. The van der Waals surface area contributed by atoms with Crippen LogP contribution in [0, 0.1) is 6.92 Å². The summed E-state index contributed by atoms with van der Waals surface area (Å²) in [6.07, 6.45) is 5.71. The van der Waals surface area contributed by atoms with E-state index in [1.807, 2.05) is 6.92 Å². The molecule has 2 aliphatic heterocycles. The van der Waals surface area contributed by atoms with Crippen LogP contribution in [0.2, 0.25) is 5.15 Å². The molecule has 0 aromatic carbocycles. The molecule has 1 aromatic heterocycles. The Kier molecular flexibility index (Phi) is 2.48. The van der Waals surface area contributed by atoms with E-state index in [1.165, 1.54) is 12.7 Å². The number of ether oxygens (including phenoxy) is 1. The lowest BCUT2D eigenvalue weighted by atomic mass is 9.95. The van der Waals surface area contributed by atoms with Gasteiger partial charge in [0.25, 0.3) is 0 Å². The second-order valence-electron chi connectivity index (χ2n) is 4.50. The average Bonchev–Trinajstić information content (AvgIpc) is 2.86. The van der Waals surface area contributed by atoms with Crippen LogP contribution in [-0.4, -0.2) is 28.2 Å². The molecule has 0 radical (unpaired) electrons. The average molecular weight is 240 g/mol. The van der Waals surface area contributed by atoms with E-state index < -0.39 is 0 Å². The highest BCUT2D eigenvalue weighted by Gasteiger charge is 2.40. The molecule has 0 saturated carbocycles. The summed E-state index contributed by atoms with van der Waals surface area (Å²) in [6.45, 7) is 1.93. The highest BCUT2D eigenvalue weighted by atomic mass is 35.5. The van der Waals surface area contributed by atoms with Gasteiger partial charge < -0.3 is 10.1 Å². The van der Waals surface area contributed by atoms with Gasteiger partial charge in [0.05, 0.1) is 18.2 Å². The van der Waals surface area contributed by atoms with E-state index in [-0.39, 0.29) is 0 Å². The Balaban J connectivity index is 1.77. The minimum Gasteiger partial charge on any atom is -0.373 e. The van der Waals surface area contributed by atoms with Gasteiger partial charge in [-0.3, -0.25) is 0 Å². The van der Waals surface area contributed by atoms with Crippen LogP contribution >= 0.6 is 11.6 Å². The number of halogens is 1. The molecule has 4 nitrogen and oxygen atoms in total. The molecule has 3 rings (SSSR count). The topological polar surface area (TPSA) is 47.0 Å². The molecular formula is C11H14ClN3O. The molecule has 0 amide bonds. The monoisotopic (exact) mass is 239 g/mol. The highest BCUT2D eigenvalue weighted by Crippen LogP contribution is 2.36. The predicted octanol–water partition coefficient (Wildman–Crippen LogP) is 2.17. The van der Waals surface area contributed by atoms with Crippen molar-refractivity contribution >= 4 is 17.4 Å². The van der Waals surface area contributed by atoms with Crippen LogP contribution in [-0.2, 0) is 4.74 Å². The molecule has 2 saturated heterocycles. The van der Waals surface area contributed by atoms with Crippen molar-refractivity contribution in [2.75, 3.05) is 5.32 Å². The van der Waals surface area contributed by atoms with Crippen LogP contribution in [0.5, 0.6) is 0 Å². The van der Waals surface area contributed by atoms with Gasteiger partial charge in [-0.15, -0.1) is 0 Å². The van der Waals surface area contributed by atoms with Crippen LogP contribution in [0.3, 0.4) is 0 Å². The SMILES string of the molecule is Cc1c(Cl)ncnc1NC1CC2CCC1O2. The second kappa shape index (κ2) is 3.86. The molecule has 1 N–H and O–H groups in total. The van der Waals surface area contributed by atoms with Crippen molar-refractivity contribution in [3.05, 3.63) is 17.0 Å². The molecule has 2 bridgehead atoms. The summed E-state index contributed by atoms with van der Waals surface area (Å²) in [5.41, 5.74) is 0.909. The fourth-order valence-corrected chi connectivity index (χ4v) is 2.67. The third kappa shape index (κ3) is 1.66. The minimum atomic E-state index is 0.346. The Morgan fingerprint density at radius 2 is 2.31 bits per heavy atom. The molecular weight excluding hydrogens is 226 g/mol. The zero-order chi connectivity index (χ0) is 11.1. The van der Waals surface area contributed by atoms with E-state index in [9.17, 15) is 0 Å². The highest BCUT2D eigenvalue weighted by molar-refractivity contribution is 6.30. The summed E-state index contributed by atoms with van der Waals surface area (Å²) in [5.74, 6) is 0.834. The Labute approximate surface area is 99.4 Å². The Morgan fingerprint density at radius 1 is 1.44 bits per heavy atom. The van der Waals surface area contributed by atoms with Gasteiger partial charge >= 0.3 is 0 Å². The quantitative estimate of drug-likeness (QED) is 0.804. The smallest absolute Gasteiger partial charge is 0.137 e. The third-order valence-corrected chi connectivity index (χ3v) is 3.83. The third-order valence-electron chi connectivity index (χ3n) is 3.45. The molecule has 16 heavy (non-hydrogen) atoms. The number of aromatic nitrogens is 2. The maximum atomic E-state index is 5.96. The lowest BCUT2D eigenvalue weighted by Gasteiger charge is -2.21. The number of fused-ring (bicyclic) bond motifs is 2. The Morgan fingerprint density at radius 3 is 3.00 bits per heavy atom. The summed E-state index contributed by atoms with van der Waals surface area (Å²) in [4.78, 5) is 8.17. The van der Waals surface area contributed by atoms with Crippen LogP contribution in [0.4, 0.5) is 5.82 Å². The molecule has 3 atom stereocenters. The largest absolute Gasteiger partial charge is 0.373 e. The van der Waals surface area contributed by atoms with Crippen molar-refractivity contribution in [2.24, 2.45) is 0 Å². The minimum absolute atomic E-state index is 0.346. The van der Waals surface area contributed by atoms with Gasteiger partial charge in [0.2, 0.25) is 0 Å². The number of anilines is 1. The van der Waals surface area contributed by atoms with E-state index >= 15 is 0 Å². The molecule has 2 fully saturated rings. The van der Waals surface area contributed by atoms with E-state index in [2.05, 4.69) is 15.3 Å². The standard InChI is InChI=1S/C11H14ClN3O/c1-6-10(12)13-5-14-11(6)15-8-4-7-2-3-9(8)16-7/h5,7-9H,2-4H2,1H3,(H,13,14,15). The first-order valence-corrected chi connectivity index (χ1v) is 6.01. The lowest BCUT2D eigenvalue weighted by molar-refractivity contribution is 0.102. The van der Waals surface area contributed by atoms with Gasteiger partial charge in [-0.1, -0.05) is 11.6 Å². The Bertz CT molecular complexity index is 412. The molecule has 1 aromatic rings. The molecule has 3 heterocycles. The van der Waals surface area contributed by atoms with Crippen molar-refractivity contribution in [1.82, 2.24) is 9.97 Å². The van der Waals surface area contributed by atoms with Crippen molar-refractivity contribution in [3.63, 3.8) is 0 Å². The van der Waals surface area contributed by atoms with E-state index in [0.29, 0.717) is 23.4 Å². The van der Waals surface area contributed by atoms with Gasteiger partial charge in [0.15, 0.2) is 0 Å². The van der Waals surface area contributed by atoms with Gasteiger partial charge in [-0.2, -0.15) is 0 Å². The summed E-state index contributed by atoms with van der Waals surface area (Å²) < 4.78 is 5.79. The first-order valence-electron chi connectivity index (χ1n) is 5.63. The number of nitrogens with zero attached hydrogens (tertiary/aromatic N) is 2. The normalized spacial score (nSPS) is 32.0. The van der Waals surface area contributed by atoms with E-state index in [0.717, 1.165) is 24.2 Å². The number of nitrogens with one attached hydrogen (secondary N) is 1. The van der Waals surface area contributed by atoms with Crippen molar-refractivity contribution in [2.45, 2.75) is 44.4 Å². The van der Waals surface area contributed by atoms with Gasteiger partial charge in [-0.05, 0) is 26.2 Å². The van der Waals surface area contributed by atoms with Crippen LogP contribution in [0.15, 0.2) is 6.33 Å². The van der Waals surface area contributed by atoms with Crippen molar-refractivity contribution in [3.8, 4) is 0 Å². The van der Waals surface area contributed by atoms with Crippen LogP contribution in [0.1, 0.15) is 24.8 Å². The van der Waals surface area contributed by atoms with Gasteiger partial charge in [0.1, 0.15) is 17.3 Å². The number of hydrogen-bond acceptors (Lipinski definition) is 4. The first-order chi connectivity index (χ1) is 7.74. The molecule has 0 spiro atoms. The summed E-state index contributed by atoms with van der Waals surface area (Å²) in [7, 11) is 0. The molecule has 0 aliphatic carbocycles. The first kappa shape index (κ1) is 10.3. The van der Waals surface area contributed by atoms with E-state index in [4.69, 9.17) is 16.3 Å². The number of hydrogen-bond donors (Lipinski definition) is 1. The fourth-order valence-electron chi connectivity index (χ4n) is 2.54. The van der Waals surface area contributed by atoms with Crippen LogP contribution in [0.25, 0.3) is 0 Å². The van der Waals surface area contributed by atoms with Crippen LogP contribution < -0.4 is 5.32 Å². The van der Waals surface area contributed by atoms with E-state index in [1.54, 1.807) is 0 Å². The summed E-state index contributed by atoms with van der Waals surface area (Å²) >= 11 is 5.96.